The van der Waals surface area contributed by atoms with Crippen molar-refractivity contribution in [2.45, 2.75) is 45.2 Å². The molecule has 0 unspecified atom stereocenters. The van der Waals surface area contributed by atoms with Gasteiger partial charge in [0.15, 0.2) is 5.16 Å². The van der Waals surface area contributed by atoms with Crippen LogP contribution in [0.15, 0.2) is 63.9 Å². The van der Waals surface area contributed by atoms with Crippen molar-refractivity contribution in [1.82, 2.24) is 9.55 Å². The van der Waals surface area contributed by atoms with E-state index in [4.69, 9.17) is 4.98 Å². The van der Waals surface area contributed by atoms with Crippen molar-refractivity contribution in [1.29, 1.82) is 0 Å². The number of thiophene rings is 1. The van der Waals surface area contributed by atoms with Crippen LogP contribution in [0.1, 0.15) is 36.5 Å². The minimum atomic E-state index is -0.132. The number of thioether (sulfide) groups is 1. The smallest absolute Gasteiger partial charge is 0.276 e. The molecule has 0 aliphatic carbocycles. The number of carbonyl (C=O) groups is 1. The van der Waals surface area contributed by atoms with E-state index in [9.17, 15) is 9.59 Å². The van der Waals surface area contributed by atoms with E-state index >= 15 is 0 Å². The zero-order chi connectivity index (χ0) is 23.4. The summed E-state index contributed by atoms with van der Waals surface area (Å²) in [5, 5.41) is 5.33. The average molecular weight is 478 g/mol. The zero-order valence-electron chi connectivity index (χ0n) is 19.1. The van der Waals surface area contributed by atoms with Crippen molar-refractivity contribution < 1.29 is 4.79 Å². The van der Waals surface area contributed by atoms with Gasteiger partial charge in [-0.2, -0.15) is 0 Å². The molecule has 2 aromatic heterocycles. The van der Waals surface area contributed by atoms with Crippen molar-refractivity contribution >= 4 is 44.9 Å². The Morgan fingerprint density at radius 3 is 2.52 bits per heavy atom. The Morgan fingerprint density at radius 1 is 1.09 bits per heavy atom. The summed E-state index contributed by atoms with van der Waals surface area (Å²) < 4.78 is 2.24. The number of carbonyl (C=O) groups excluding carboxylic acids is 1. The molecular weight excluding hydrogens is 450 g/mol. The predicted octanol–water partition coefficient (Wildman–Crippen LogP) is 6.14. The van der Waals surface area contributed by atoms with E-state index in [1.54, 1.807) is 4.57 Å². The van der Waals surface area contributed by atoms with Gasteiger partial charge in [0.2, 0.25) is 5.91 Å². The first kappa shape index (κ1) is 23.3. The molecule has 1 N–H and O–H groups in total. The fraction of sp³-hybridized carbons (Fsp3) is 0.269. The minimum absolute atomic E-state index is 0.106. The van der Waals surface area contributed by atoms with E-state index in [0.717, 1.165) is 41.8 Å². The van der Waals surface area contributed by atoms with Crippen LogP contribution in [-0.4, -0.2) is 21.2 Å². The van der Waals surface area contributed by atoms with Gasteiger partial charge in [-0.25, -0.2) is 4.98 Å². The van der Waals surface area contributed by atoms with E-state index < -0.39 is 0 Å². The van der Waals surface area contributed by atoms with Crippen LogP contribution in [0.2, 0.25) is 0 Å². The summed E-state index contributed by atoms with van der Waals surface area (Å²) in [6, 6.07) is 15.9. The third-order valence-corrected chi connectivity index (χ3v) is 7.13. The van der Waals surface area contributed by atoms with Crippen LogP contribution >= 0.6 is 23.1 Å². The first-order valence-corrected chi connectivity index (χ1v) is 12.9. The number of benzene rings is 2. The largest absolute Gasteiger partial charge is 0.325 e. The van der Waals surface area contributed by atoms with Crippen molar-refractivity contribution in [3.63, 3.8) is 0 Å². The van der Waals surface area contributed by atoms with Crippen molar-refractivity contribution in [2.24, 2.45) is 0 Å². The average Bonchev–Trinajstić information content (AvgIpc) is 3.25. The standard InChI is InChI=1S/C26H27N3O2S2/c1-4-5-6-19-7-9-20(10-8-19)27-23(30)16-33-26-28-22-11-12-32-24(22)25(31)29(26)21-14-17(2)13-18(3)15-21/h7-15H,4-6,16H2,1-3H3,(H,27,30). The van der Waals surface area contributed by atoms with Gasteiger partial charge in [-0.3, -0.25) is 14.2 Å². The highest BCUT2D eigenvalue weighted by atomic mass is 32.2. The van der Waals surface area contributed by atoms with Gasteiger partial charge in [0.1, 0.15) is 4.70 Å². The number of hydrogen-bond acceptors (Lipinski definition) is 5. The SMILES string of the molecule is CCCCc1ccc(NC(=O)CSc2nc3ccsc3c(=O)n2-c2cc(C)cc(C)c2)cc1. The lowest BCUT2D eigenvalue weighted by Crippen LogP contribution is -2.22. The Balaban J connectivity index is 1.55. The number of rotatable bonds is 8. The molecule has 0 fully saturated rings. The molecule has 0 bridgehead atoms. The normalized spacial score (nSPS) is 11.1. The summed E-state index contributed by atoms with van der Waals surface area (Å²) in [6.07, 6.45) is 3.37. The van der Waals surface area contributed by atoms with Gasteiger partial charge in [0, 0.05) is 5.69 Å². The molecule has 33 heavy (non-hydrogen) atoms. The van der Waals surface area contributed by atoms with Crippen LogP contribution in [-0.2, 0) is 11.2 Å². The lowest BCUT2D eigenvalue weighted by atomic mass is 10.1. The molecule has 0 radical (unpaired) electrons. The molecule has 4 aromatic rings. The monoisotopic (exact) mass is 477 g/mol. The Bertz CT molecular complexity index is 1320. The second-order valence-electron chi connectivity index (χ2n) is 8.15. The molecule has 2 aromatic carbocycles. The number of amides is 1. The van der Waals surface area contributed by atoms with E-state index in [1.165, 1.54) is 28.7 Å². The number of aryl methyl sites for hydroxylation is 3. The molecule has 1 amide bonds. The maximum atomic E-state index is 13.3. The van der Waals surface area contributed by atoms with Crippen LogP contribution in [0.25, 0.3) is 15.9 Å². The van der Waals surface area contributed by atoms with E-state index in [-0.39, 0.29) is 17.2 Å². The van der Waals surface area contributed by atoms with Gasteiger partial charge in [-0.05, 0) is 79.1 Å². The summed E-state index contributed by atoms with van der Waals surface area (Å²) >= 11 is 2.66. The first-order valence-electron chi connectivity index (χ1n) is 11.0. The highest BCUT2D eigenvalue weighted by Gasteiger charge is 2.16. The highest BCUT2D eigenvalue weighted by Crippen LogP contribution is 2.25. The van der Waals surface area contributed by atoms with Crippen LogP contribution < -0.4 is 10.9 Å². The van der Waals surface area contributed by atoms with E-state index in [1.807, 2.05) is 49.6 Å². The van der Waals surface area contributed by atoms with E-state index in [2.05, 4.69) is 30.4 Å². The second-order valence-corrected chi connectivity index (χ2v) is 10.0. The molecule has 4 rings (SSSR count). The molecule has 0 spiro atoms. The van der Waals surface area contributed by atoms with Gasteiger partial charge in [0.25, 0.3) is 5.56 Å². The lowest BCUT2D eigenvalue weighted by Gasteiger charge is -2.13. The number of aromatic nitrogens is 2. The highest BCUT2D eigenvalue weighted by molar-refractivity contribution is 7.99. The zero-order valence-corrected chi connectivity index (χ0v) is 20.7. The summed E-state index contributed by atoms with van der Waals surface area (Å²) in [4.78, 5) is 30.7. The number of nitrogens with zero attached hydrogens (tertiary/aromatic N) is 2. The molecule has 0 aliphatic heterocycles. The number of unbranched alkanes of at least 4 members (excludes halogenated alkanes) is 1. The van der Waals surface area contributed by atoms with Crippen LogP contribution in [0, 0.1) is 13.8 Å². The third kappa shape index (κ3) is 5.54. The first-order chi connectivity index (χ1) is 15.9. The van der Waals surface area contributed by atoms with E-state index in [0.29, 0.717) is 15.4 Å². The fourth-order valence-electron chi connectivity index (χ4n) is 3.76. The van der Waals surface area contributed by atoms with Gasteiger partial charge in [-0.15, -0.1) is 11.3 Å². The van der Waals surface area contributed by atoms with Gasteiger partial charge < -0.3 is 5.32 Å². The second kappa shape index (κ2) is 10.4. The summed E-state index contributed by atoms with van der Waals surface area (Å²) in [7, 11) is 0. The van der Waals surface area contributed by atoms with Crippen molar-refractivity contribution in [3.8, 4) is 5.69 Å². The number of nitrogens with one attached hydrogen (secondary N) is 1. The molecule has 0 saturated carbocycles. The van der Waals surface area contributed by atoms with Crippen LogP contribution in [0.3, 0.4) is 0 Å². The number of fused-ring (bicyclic) bond motifs is 1. The van der Waals surface area contributed by atoms with Gasteiger partial charge in [0.05, 0.1) is 17.0 Å². The molecule has 170 valence electrons. The lowest BCUT2D eigenvalue weighted by molar-refractivity contribution is -0.113. The quantitative estimate of drug-likeness (QED) is 0.245. The fourth-order valence-corrected chi connectivity index (χ4v) is 5.33. The Hall–Kier alpha value is -2.90. The van der Waals surface area contributed by atoms with Crippen molar-refractivity contribution in [3.05, 3.63) is 81.0 Å². The molecule has 0 saturated heterocycles. The van der Waals surface area contributed by atoms with Crippen LogP contribution in [0.4, 0.5) is 5.69 Å². The van der Waals surface area contributed by atoms with Gasteiger partial charge in [-0.1, -0.05) is 43.3 Å². The van der Waals surface area contributed by atoms with Crippen LogP contribution in [0.5, 0.6) is 0 Å². The Morgan fingerprint density at radius 2 is 1.82 bits per heavy atom. The molecule has 7 heteroatoms. The minimum Gasteiger partial charge on any atom is -0.325 e. The molecule has 0 aliphatic rings. The summed E-state index contributed by atoms with van der Waals surface area (Å²) in [5.41, 5.74) is 5.51. The topological polar surface area (TPSA) is 64.0 Å². The number of hydrogen-bond donors (Lipinski definition) is 1. The summed E-state index contributed by atoms with van der Waals surface area (Å²) in [6.45, 7) is 6.19. The molecule has 2 heterocycles. The Labute approximate surface area is 201 Å². The summed E-state index contributed by atoms with van der Waals surface area (Å²) in [5.74, 6) is 0.0257. The van der Waals surface area contributed by atoms with Crippen molar-refractivity contribution in [2.75, 3.05) is 11.1 Å². The molecule has 0 atom stereocenters. The van der Waals surface area contributed by atoms with Gasteiger partial charge >= 0.3 is 0 Å². The number of anilines is 1. The maximum absolute atomic E-state index is 13.3. The molecule has 5 nitrogen and oxygen atoms in total. The third-order valence-electron chi connectivity index (χ3n) is 5.30. The predicted molar refractivity (Wildman–Crippen MR) is 139 cm³/mol. The Kier molecular flexibility index (Phi) is 7.30. The molecular formula is C26H27N3O2S2. The maximum Gasteiger partial charge on any atom is 0.276 e.